The molecule has 0 bridgehead atoms. The fourth-order valence-corrected chi connectivity index (χ4v) is 5.66. The summed E-state index contributed by atoms with van der Waals surface area (Å²) in [4.78, 5) is 23.2. The Labute approximate surface area is 196 Å². The summed E-state index contributed by atoms with van der Waals surface area (Å²) < 4.78 is 1.18. The lowest BCUT2D eigenvalue weighted by Crippen LogP contribution is -2.48. The molecule has 3 aromatic rings. The average molecular weight is 475 g/mol. The fraction of sp³-hybridized carbons (Fsp3) is 0.391. The van der Waals surface area contributed by atoms with E-state index in [0.29, 0.717) is 6.54 Å². The highest BCUT2D eigenvalue weighted by Gasteiger charge is 2.20. The number of aryl methyl sites for hydroxylation is 1. The van der Waals surface area contributed by atoms with Crippen LogP contribution in [0.2, 0.25) is 5.02 Å². The number of thioether (sulfide) groups is 1. The van der Waals surface area contributed by atoms with Crippen molar-refractivity contribution >= 4 is 56.0 Å². The topological polar surface area (TPSA) is 48.5 Å². The molecule has 0 radical (unpaired) electrons. The molecule has 8 heteroatoms. The maximum Gasteiger partial charge on any atom is 0.251 e. The van der Waals surface area contributed by atoms with Gasteiger partial charge in [0.2, 0.25) is 0 Å². The summed E-state index contributed by atoms with van der Waals surface area (Å²) in [6, 6.07) is 11.8. The van der Waals surface area contributed by atoms with Crippen LogP contribution < -0.4 is 10.2 Å². The van der Waals surface area contributed by atoms with E-state index in [9.17, 15) is 4.79 Å². The summed E-state index contributed by atoms with van der Waals surface area (Å²) in [6.45, 7) is 9.47. The molecule has 1 aliphatic heterocycles. The van der Waals surface area contributed by atoms with Crippen LogP contribution in [0.1, 0.15) is 22.8 Å². The quantitative estimate of drug-likeness (QED) is 0.492. The smallest absolute Gasteiger partial charge is 0.251 e. The van der Waals surface area contributed by atoms with Crippen molar-refractivity contribution < 1.29 is 4.79 Å². The number of hydrogen-bond acceptors (Lipinski definition) is 6. The Kier molecular flexibility index (Phi) is 7.38. The molecule has 0 unspecified atom stereocenters. The molecule has 1 N–H and O–H groups in total. The van der Waals surface area contributed by atoms with Crippen molar-refractivity contribution in [3.05, 3.63) is 52.5 Å². The van der Waals surface area contributed by atoms with Crippen LogP contribution in [0.25, 0.3) is 10.2 Å². The van der Waals surface area contributed by atoms with Gasteiger partial charge in [0.1, 0.15) is 0 Å². The van der Waals surface area contributed by atoms with Gasteiger partial charge in [-0.15, -0.1) is 11.8 Å². The predicted octanol–water partition coefficient (Wildman–Crippen LogP) is 4.92. The molecule has 0 atom stereocenters. The molecular weight excluding hydrogens is 448 g/mol. The van der Waals surface area contributed by atoms with E-state index in [0.717, 1.165) is 70.2 Å². The number of carbonyl (C=O) groups is 1. The van der Waals surface area contributed by atoms with E-state index < -0.39 is 0 Å². The SMILES string of the molecule is CCSc1cccc(C(=O)NCCN2CCN(c3nc4c(C)c(Cl)ccc4s3)CC2)c1. The first-order valence-corrected chi connectivity index (χ1v) is 12.8. The number of carbonyl (C=O) groups excluding carboxylic acids is 1. The molecule has 0 aliphatic carbocycles. The molecular formula is C23H27ClN4OS2. The Morgan fingerprint density at radius 2 is 2.03 bits per heavy atom. The Morgan fingerprint density at radius 3 is 2.81 bits per heavy atom. The number of nitrogens with one attached hydrogen (secondary N) is 1. The third-order valence-corrected chi connectivity index (χ3v) is 7.87. The normalized spacial score (nSPS) is 14.9. The van der Waals surface area contributed by atoms with Crippen molar-refractivity contribution in [3.63, 3.8) is 0 Å². The largest absolute Gasteiger partial charge is 0.351 e. The van der Waals surface area contributed by atoms with E-state index >= 15 is 0 Å². The molecule has 1 amide bonds. The van der Waals surface area contributed by atoms with Gasteiger partial charge in [-0.1, -0.05) is 35.9 Å². The van der Waals surface area contributed by atoms with Crippen molar-refractivity contribution in [3.8, 4) is 0 Å². The second-order valence-electron chi connectivity index (χ2n) is 7.56. The van der Waals surface area contributed by atoms with Gasteiger partial charge in [-0.25, -0.2) is 4.98 Å². The van der Waals surface area contributed by atoms with Crippen molar-refractivity contribution in [2.75, 3.05) is 49.9 Å². The summed E-state index contributed by atoms with van der Waals surface area (Å²) in [5.74, 6) is 1.00. The first-order chi connectivity index (χ1) is 15.0. The van der Waals surface area contributed by atoms with Gasteiger partial charge in [0, 0.05) is 54.8 Å². The molecule has 31 heavy (non-hydrogen) atoms. The van der Waals surface area contributed by atoms with Crippen LogP contribution in [0.3, 0.4) is 0 Å². The molecule has 1 aromatic heterocycles. The zero-order valence-corrected chi connectivity index (χ0v) is 20.2. The van der Waals surface area contributed by atoms with Crippen LogP contribution in [0, 0.1) is 6.92 Å². The van der Waals surface area contributed by atoms with Gasteiger partial charge in [-0.3, -0.25) is 9.69 Å². The summed E-state index contributed by atoms with van der Waals surface area (Å²) in [5, 5.41) is 4.90. The van der Waals surface area contributed by atoms with Gasteiger partial charge >= 0.3 is 0 Å². The minimum absolute atomic E-state index is 0.000644. The number of fused-ring (bicyclic) bond motifs is 1. The molecule has 1 fully saturated rings. The number of halogens is 1. The second-order valence-corrected chi connectivity index (χ2v) is 10.3. The van der Waals surface area contributed by atoms with E-state index in [2.05, 4.69) is 28.1 Å². The number of aromatic nitrogens is 1. The van der Waals surface area contributed by atoms with E-state index in [-0.39, 0.29) is 5.91 Å². The van der Waals surface area contributed by atoms with E-state index in [1.807, 2.05) is 37.3 Å². The van der Waals surface area contributed by atoms with Crippen molar-refractivity contribution in [2.45, 2.75) is 18.7 Å². The van der Waals surface area contributed by atoms with Crippen LogP contribution in [0.5, 0.6) is 0 Å². The number of nitrogens with zero attached hydrogens (tertiary/aromatic N) is 3. The highest BCUT2D eigenvalue weighted by Crippen LogP contribution is 2.33. The van der Waals surface area contributed by atoms with E-state index in [1.54, 1.807) is 23.1 Å². The molecule has 0 spiro atoms. The Bertz CT molecular complexity index is 1060. The Balaban J connectivity index is 1.26. The Hall–Kier alpha value is -1.80. The van der Waals surface area contributed by atoms with Crippen LogP contribution in [-0.4, -0.2) is 60.8 Å². The van der Waals surface area contributed by atoms with Crippen molar-refractivity contribution in [2.24, 2.45) is 0 Å². The molecule has 1 saturated heterocycles. The molecule has 5 nitrogen and oxygen atoms in total. The highest BCUT2D eigenvalue weighted by atomic mass is 35.5. The third kappa shape index (κ3) is 5.34. The standard InChI is InChI=1S/C23H27ClN4OS2/c1-3-30-18-6-4-5-17(15-18)22(29)25-9-10-27-11-13-28(14-12-27)23-26-21-16(2)19(24)7-8-20(21)31-23/h4-8,15H,3,9-14H2,1-2H3,(H,25,29). The summed E-state index contributed by atoms with van der Waals surface area (Å²) in [5.41, 5.74) is 2.79. The zero-order valence-electron chi connectivity index (χ0n) is 17.9. The van der Waals surface area contributed by atoms with Gasteiger partial charge in [0.25, 0.3) is 5.91 Å². The van der Waals surface area contributed by atoms with Gasteiger partial charge in [0.15, 0.2) is 5.13 Å². The lowest BCUT2D eigenvalue weighted by atomic mass is 10.2. The van der Waals surface area contributed by atoms with Crippen LogP contribution in [0.4, 0.5) is 5.13 Å². The molecule has 164 valence electrons. The van der Waals surface area contributed by atoms with Crippen molar-refractivity contribution in [1.29, 1.82) is 0 Å². The third-order valence-electron chi connectivity index (χ3n) is 5.50. The number of amides is 1. The minimum Gasteiger partial charge on any atom is -0.351 e. The van der Waals surface area contributed by atoms with Crippen LogP contribution >= 0.6 is 34.7 Å². The van der Waals surface area contributed by atoms with E-state index in [4.69, 9.17) is 16.6 Å². The van der Waals surface area contributed by atoms with E-state index in [1.165, 1.54) is 4.70 Å². The highest BCUT2D eigenvalue weighted by molar-refractivity contribution is 7.99. The number of rotatable bonds is 7. The second kappa shape index (κ2) is 10.2. The fourth-order valence-electron chi connectivity index (χ4n) is 3.71. The lowest BCUT2D eigenvalue weighted by molar-refractivity contribution is 0.0947. The molecule has 1 aliphatic rings. The Morgan fingerprint density at radius 1 is 1.23 bits per heavy atom. The first-order valence-electron chi connectivity index (χ1n) is 10.6. The first kappa shape index (κ1) is 22.4. The maximum atomic E-state index is 12.5. The number of anilines is 1. The summed E-state index contributed by atoms with van der Waals surface area (Å²) >= 11 is 9.73. The zero-order chi connectivity index (χ0) is 21.8. The monoisotopic (exact) mass is 474 g/mol. The lowest BCUT2D eigenvalue weighted by Gasteiger charge is -2.34. The average Bonchev–Trinajstić information content (AvgIpc) is 3.22. The summed E-state index contributed by atoms with van der Waals surface area (Å²) in [7, 11) is 0. The number of hydrogen-bond donors (Lipinski definition) is 1. The van der Waals surface area contributed by atoms with Gasteiger partial charge in [-0.2, -0.15) is 0 Å². The van der Waals surface area contributed by atoms with Crippen LogP contribution in [-0.2, 0) is 0 Å². The van der Waals surface area contributed by atoms with Crippen molar-refractivity contribution in [1.82, 2.24) is 15.2 Å². The van der Waals surface area contributed by atoms with Gasteiger partial charge in [-0.05, 0) is 48.6 Å². The number of piperazine rings is 1. The molecule has 4 rings (SSSR count). The molecule has 2 heterocycles. The van der Waals surface area contributed by atoms with Gasteiger partial charge in [0.05, 0.1) is 10.2 Å². The minimum atomic E-state index is 0.000644. The number of thiazole rings is 1. The molecule has 0 saturated carbocycles. The summed E-state index contributed by atoms with van der Waals surface area (Å²) in [6.07, 6.45) is 0. The molecule has 2 aromatic carbocycles. The predicted molar refractivity (Wildman–Crippen MR) is 133 cm³/mol. The number of benzene rings is 2. The maximum absolute atomic E-state index is 12.5. The van der Waals surface area contributed by atoms with Crippen LogP contribution in [0.15, 0.2) is 41.3 Å². The van der Waals surface area contributed by atoms with Gasteiger partial charge < -0.3 is 10.2 Å².